The number of carboxylic acids is 1. The molecule has 0 heterocycles. The monoisotopic (exact) mass is 155 g/mol. The maximum atomic E-state index is 10.3. The molecule has 0 aromatic rings. The minimum atomic E-state index is -0.843. The summed E-state index contributed by atoms with van der Waals surface area (Å²) in [7, 11) is 0. The van der Waals surface area contributed by atoms with Gasteiger partial charge in [0.2, 0.25) is 0 Å². The van der Waals surface area contributed by atoms with Gasteiger partial charge in [-0.15, -0.1) is 0 Å². The van der Waals surface area contributed by atoms with Crippen molar-refractivity contribution in [3.8, 4) is 0 Å². The average molecular weight is 155 g/mol. The minimum absolute atomic E-state index is 0.394. The summed E-state index contributed by atoms with van der Waals surface area (Å²) >= 11 is 0. The Hall–Kier alpha value is -0.790. The highest BCUT2D eigenvalue weighted by molar-refractivity contribution is 5.85. The van der Waals surface area contributed by atoms with Crippen molar-refractivity contribution in [1.29, 1.82) is 0 Å². The molecule has 11 heavy (non-hydrogen) atoms. The predicted molar refractivity (Wildman–Crippen MR) is 45.1 cm³/mol. The van der Waals surface area contributed by atoms with Crippen molar-refractivity contribution in [2.24, 2.45) is 5.92 Å². The van der Waals surface area contributed by atoms with Gasteiger partial charge in [-0.05, 0) is 25.7 Å². The summed E-state index contributed by atoms with van der Waals surface area (Å²) in [4.78, 5) is 10.3. The molecular weight excluding hydrogens is 140 g/mol. The van der Waals surface area contributed by atoms with Crippen LogP contribution in [0.1, 0.15) is 27.2 Å². The summed E-state index contributed by atoms with van der Waals surface area (Å²) in [5.41, 5.74) is 0.394. The molecule has 0 saturated carbocycles. The van der Waals surface area contributed by atoms with Crippen molar-refractivity contribution in [2.75, 3.05) is 0 Å². The van der Waals surface area contributed by atoms with E-state index >= 15 is 0 Å². The number of hydrogen-bond donors (Lipinski definition) is 1. The normalized spacial score (nSPS) is 12.2. The van der Waals surface area contributed by atoms with E-state index < -0.39 is 5.97 Å². The van der Waals surface area contributed by atoms with Crippen molar-refractivity contribution < 1.29 is 9.90 Å². The standard InChI is InChI=1S/C9H15O2/c1-7(2)5-4-6-8(3)9(10)11/h4,6-7H,5H2,1-3H3,(H,10,11). The van der Waals surface area contributed by atoms with Crippen LogP contribution in [-0.4, -0.2) is 11.1 Å². The summed E-state index contributed by atoms with van der Waals surface area (Å²) in [5, 5.41) is 8.46. The Bertz CT molecular complexity index is 157. The fourth-order valence-corrected chi connectivity index (χ4v) is 0.588. The zero-order chi connectivity index (χ0) is 8.85. The molecule has 0 saturated heterocycles. The molecule has 0 spiro atoms. The van der Waals surface area contributed by atoms with Gasteiger partial charge in [-0.3, -0.25) is 0 Å². The number of hydrogen-bond acceptors (Lipinski definition) is 1. The molecule has 2 heteroatoms. The molecule has 2 nitrogen and oxygen atoms in total. The third-order valence-electron chi connectivity index (χ3n) is 1.31. The van der Waals surface area contributed by atoms with Crippen molar-refractivity contribution in [3.05, 3.63) is 18.1 Å². The van der Waals surface area contributed by atoms with E-state index in [-0.39, 0.29) is 0 Å². The second kappa shape index (κ2) is 4.94. The van der Waals surface area contributed by atoms with Crippen LogP contribution in [0.25, 0.3) is 0 Å². The molecule has 0 aromatic heterocycles. The SMILES string of the molecule is CC(=C[CH]CC(C)C)C(=O)O. The van der Waals surface area contributed by atoms with Gasteiger partial charge in [0.15, 0.2) is 0 Å². The van der Waals surface area contributed by atoms with Crippen LogP contribution < -0.4 is 0 Å². The number of carbonyl (C=O) groups is 1. The number of rotatable bonds is 4. The van der Waals surface area contributed by atoms with E-state index in [2.05, 4.69) is 13.8 Å². The zero-order valence-corrected chi connectivity index (χ0v) is 7.29. The molecule has 0 aromatic carbocycles. The van der Waals surface area contributed by atoms with Gasteiger partial charge >= 0.3 is 5.97 Å². The predicted octanol–water partition coefficient (Wildman–Crippen LogP) is 2.27. The molecule has 63 valence electrons. The van der Waals surface area contributed by atoms with E-state index in [0.29, 0.717) is 11.5 Å². The molecule has 1 radical (unpaired) electrons. The van der Waals surface area contributed by atoms with Crippen LogP contribution in [0.2, 0.25) is 0 Å². The highest BCUT2D eigenvalue weighted by Gasteiger charge is 1.98. The first-order chi connectivity index (χ1) is 5.04. The molecule has 0 fully saturated rings. The molecule has 0 aliphatic heterocycles. The lowest BCUT2D eigenvalue weighted by molar-refractivity contribution is -0.132. The van der Waals surface area contributed by atoms with Crippen LogP contribution in [0.4, 0.5) is 0 Å². The van der Waals surface area contributed by atoms with Crippen LogP contribution in [-0.2, 0) is 4.79 Å². The van der Waals surface area contributed by atoms with E-state index in [1.54, 1.807) is 13.0 Å². The van der Waals surface area contributed by atoms with E-state index in [4.69, 9.17) is 5.11 Å². The van der Waals surface area contributed by atoms with E-state index in [1.165, 1.54) is 0 Å². The lowest BCUT2D eigenvalue weighted by Crippen LogP contribution is -1.96. The molecular formula is C9H15O2. The second-order valence-electron chi connectivity index (χ2n) is 3.02. The lowest BCUT2D eigenvalue weighted by Gasteiger charge is -1.99. The highest BCUT2D eigenvalue weighted by atomic mass is 16.4. The van der Waals surface area contributed by atoms with Crippen molar-refractivity contribution in [3.63, 3.8) is 0 Å². The van der Waals surface area contributed by atoms with Crippen molar-refractivity contribution >= 4 is 5.97 Å². The Balaban J connectivity index is 3.65. The molecule has 1 N–H and O–H groups in total. The van der Waals surface area contributed by atoms with Crippen LogP contribution in [0.3, 0.4) is 0 Å². The van der Waals surface area contributed by atoms with Crippen LogP contribution in [0, 0.1) is 12.3 Å². The van der Waals surface area contributed by atoms with Gasteiger partial charge in [0.05, 0.1) is 0 Å². The average Bonchev–Trinajstić information content (AvgIpc) is 1.86. The number of aliphatic carboxylic acids is 1. The molecule has 0 atom stereocenters. The minimum Gasteiger partial charge on any atom is -0.478 e. The molecule has 0 bridgehead atoms. The van der Waals surface area contributed by atoms with Gasteiger partial charge < -0.3 is 5.11 Å². The van der Waals surface area contributed by atoms with Crippen LogP contribution >= 0.6 is 0 Å². The molecule has 0 amide bonds. The maximum absolute atomic E-state index is 10.3. The number of carboxylic acid groups (broad SMARTS) is 1. The topological polar surface area (TPSA) is 37.3 Å². The third kappa shape index (κ3) is 5.64. The molecule has 0 unspecified atom stereocenters. The Kier molecular flexibility index (Phi) is 4.59. The van der Waals surface area contributed by atoms with Crippen LogP contribution in [0.15, 0.2) is 11.6 Å². The fraction of sp³-hybridized carbons (Fsp3) is 0.556. The Morgan fingerprint density at radius 1 is 1.55 bits per heavy atom. The van der Waals surface area contributed by atoms with E-state index in [9.17, 15) is 4.79 Å². The summed E-state index contributed by atoms with van der Waals surface area (Å²) in [6, 6.07) is 0. The van der Waals surface area contributed by atoms with Gasteiger partial charge in [-0.2, -0.15) is 0 Å². The maximum Gasteiger partial charge on any atom is 0.330 e. The van der Waals surface area contributed by atoms with Crippen molar-refractivity contribution in [1.82, 2.24) is 0 Å². The zero-order valence-electron chi connectivity index (χ0n) is 7.29. The summed E-state index contributed by atoms with van der Waals surface area (Å²) in [6.07, 6.45) is 4.49. The fourth-order valence-electron chi connectivity index (χ4n) is 0.588. The Morgan fingerprint density at radius 3 is 2.45 bits per heavy atom. The number of allylic oxidation sites excluding steroid dienone is 1. The third-order valence-corrected chi connectivity index (χ3v) is 1.31. The van der Waals surface area contributed by atoms with Crippen molar-refractivity contribution in [2.45, 2.75) is 27.2 Å². The van der Waals surface area contributed by atoms with Gasteiger partial charge in [-0.25, -0.2) is 4.79 Å². The first-order valence-corrected chi connectivity index (χ1v) is 3.77. The Morgan fingerprint density at radius 2 is 2.09 bits per heavy atom. The first kappa shape index (κ1) is 10.2. The van der Waals surface area contributed by atoms with Gasteiger partial charge in [0, 0.05) is 5.57 Å². The van der Waals surface area contributed by atoms with Gasteiger partial charge in [-0.1, -0.05) is 19.9 Å². The lowest BCUT2D eigenvalue weighted by atomic mass is 10.1. The Labute approximate surface area is 67.9 Å². The van der Waals surface area contributed by atoms with Gasteiger partial charge in [0.25, 0.3) is 0 Å². The van der Waals surface area contributed by atoms with E-state index in [0.717, 1.165) is 6.42 Å². The molecule has 0 rings (SSSR count). The van der Waals surface area contributed by atoms with Gasteiger partial charge in [0.1, 0.15) is 0 Å². The summed E-state index contributed by atoms with van der Waals surface area (Å²) in [6.45, 7) is 5.79. The van der Waals surface area contributed by atoms with E-state index in [1.807, 2.05) is 6.42 Å². The largest absolute Gasteiger partial charge is 0.478 e. The highest BCUT2D eigenvalue weighted by Crippen LogP contribution is 2.04. The molecule has 0 aliphatic rings. The quantitative estimate of drug-likeness (QED) is 0.632. The first-order valence-electron chi connectivity index (χ1n) is 3.77. The summed E-state index contributed by atoms with van der Waals surface area (Å²) in [5.74, 6) is -0.252. The van der Waals surface area contributed by atoms with Crippen LogP contribution in [0.5, 0.6) is 0 Å². The molecule has 0 aliphatic carbocycles. The smallest absolute Gasteiger partial charge is 0.330 e. The second-order valence-corrected chi connectivity index (χ2v) is 3.02. The summed E-state index contributed by atoms with van der Waals surface area (Å²) < 4.78 is 0.